The molecule has 0 fully saturated rings. The molecule has 0 unspecified atom stereocenters. The zero-order chi connectivity index (χ0) is 20.2. The molecule has 0 spiro atoms. The Morgan fingerprint density at radius 3 is 2.24 bits per heavy atom. The maximum absolute atomic E-state index is 13.4. The van der Waals surface area contributed by atoms with Crippen molar-refractivity contribution in [3.8, 4) is 22.4 Å². The van der Waals surface area contributed by atoms with Crippen LogP contribution in [0.1, 0.15) is 10.4 Å². The van der Waals surface area contributed by atoms with Crippen LogP contribution >= 0.6 is 11.6 Å². The summed E-state index contributed by atoms with van der Waals surface area (Å²) in [6.45, 7) is 0. The molecule has 142 valence electrons. The highest BCUT2D eigenvalue weighted by molar-refractivity contribution is 6.33. The molecule has 0 atom stereocenters. The van der Waals surface area contributed by atoms with Gasteiger partial charge in [0, 0.05) is 23.0 Å². The third-order valence-electron chi connectivity index (χ3n) is 4.48. The predicted octanol–water partition coefficient (Wildman–Crippen LogP) is 6.46. The van der Waals surface area contributed by atoms with Crippen molar-refractivity contribution >= 4 is 23.2 Å². The number of aromatic nitrogens is 1. The first-order chi connectivity index (χ1) is 14.1. The molecule has 1 aromatic heterocycles. The number of carbonyl (C=O) groups is 1. The molecule has 0 saturated heterocycles. The van der Waals surface area contributed by atoms with E-state index in [2.05, 4.69) is 10.3 Å². The number of anilines is 1. The number of amides is 1. The lowest BCUT2D eigenvalue weighted by Gasteiger charge is -2.08. The van der Waals surface area contributed by atoms with E-state index in [9.17, 15) is 9.18 Å². The first-order valence-corrected chi connectivity index (χ1v) is 9.36. The summed E-state index contributed by atoms with van der Waals surface area (Å²) in [4.78, 5) is 16.8. The Morgan fingerprint density at radius 1 is 0.828 bits per heavy atom. The lowest BCUT2D eigenvalue weighted by atomic mass is 10.1. The molecule has 0 bridgehead atoms. The lowest BCUT2D eigenvalue weighted by Crippen LogP contribution is -2.11. The Balaban J connectivity index is 1.47. The van der Waals surface area contributed by atoms with Crippen LogP contribution in [0.5, 0.6) is 0 Å². The quantitative estimate of drug-likeness (QED) is 0.425. The van der Waals surface area contributed by atoms with Gasteiger partial charge < -0.3 is 5.32 Å². The molecule has 1 heterocycles. The van der Waals surface area contributed by atoms with Gasteiger partial charge in [-0.3, -0.25) is 9.78 Å². The van der Waals surface area contributed by atoms with Gasteiger partial charge in [0.25, 0.3) is 5.91 Å². The zero-order valence-corrected chi connectivity index (χ0v) is 16.0. The van der Waals surface area contributed by atoms with Crippen molar-refractivity contribution in [1.29, 1.82) is 0 Å². The van der Waals surface area contributed by atoms with Crippen LogP contribution in [0, 0.1) is 5.82 Å². The second kappa shape index (κ2) is 8.25. The number of rotatable bonds is 4. The standard InChI is InChI=1S/C24H16ClFN2O/c25-22-5-2-14-27-23(22)17-6-8-18(9-7-17)24(29)28-21-12-10-16(11-13-21)19-3-1-4-20(26)15-19/h1-15H,(H,28,29). The fourth-order valence-corrected chi connectivity index (χ4v) is 3.23. The molecule has 5 heteroatoms. The maximum Gasteiger partial charge on any atom is 0.255 e. The van der Waals surface area contributed by atoms with Crippen LogP contribution in [0.2, 0.25) is 5.02 Å². The number of nitrogens with zero attached hydrogens (tertiary/aromatic N) is 1. The first-order valence-electron chi connectivity index (χ1n) is 8.98. The lowest BCUT2D eigenvalue weighted by molar-refractivity contribution is 0.102. The van der Waals surface area contributed by atoms with Gasteiger partial charge in [-0.2, -0.15) is 0 Å². The molecule has 4 rings (SSSR count). The predicted molar refractivity (Wildman–Crippen MR) is 114 cm³/mol. The van der Waals surface area contributed by atoms with E-state index in [4.69, 9.17) is 11.6 Å². The van der Waals surface area contributed by atoms with Crippen LogP contribution in [0.15, 0.2) is 91.1 Å². The Hall–Kier alpha value is -3.50. The monoisotopic (exact) mass is 402 g/mol. The molecule has 0 aliphatic carbocycles. The van der Waals surface area contributed by atoms with Crippen molar-refractivity contribution in [2.75, 3.05) is 5.32 Å². The van der Waals surface area contributed by atoms with Crippen LogP contribution in [-0.2, 0) is 0 Å². The first kappa shape index (κ1) is 18.8. The summed E-state index contributed by atoms with van der Waals surface area (Å²) in [5, 5.41) is 3.42. The van der Waals surface area contributed by atoms with Gasteiger partial charge in [0.2, 0.25) is 0 Å². The van der Waals surface area contributed by atoms with Gasteiger partial charge in [-0.15, -0.1) is 0 Å². The van der Waals surface area contributed by atoms with Gasteiger partial charge in [-0.05, 0) is 59.7 Å². The van der Waals surface area contributed by atoms with Crippen LogP contribution in [0.3, 0.4) is 0 Å². The summed E-state index contributed by atoms with van der Waals surface area (Å²) in [7, 11) is 0. The minimum absolute atomic E-state index is 0.220. The van der Waals surface area contributed by atoms with E-state index in [1.807, 2.05) is 30.3 Å². The third-order valence-corrected chi connectivity index (χ3v) is 4.78. The molecule has 29 heavy (non-hydrogen) atoms. The van der Waals surface area contributed by atoms with Gasteiger partial charge in [-0.1, -0.05) is 48.0 Å². The summed E-state index contributed by atoms with van der Waals surface area (Å²) >= 11 is 6.17. The Labute approximate surface area is 172 Å². The van der Waals surface area contributed by atoms with Crippen LogP contribution < -0.4 is 5.32 Å². The second-order valence-electron chi connectivity index (χ2n) is 6.45. The van der Waals surface area contributed by atoms with Gasteiger partial charge in [0.05, 0.1) is 10.7 Å². The SMILES string of the molecule is O=C(Nc1ccc(-c2cccc(F)c2)cc1)c1ccc(-c2ncccc2Cl)cc1. The summed E-state index contributed by atoms with van der Waals surface area (Å²) < 4.78 is 13.4. The molecule has 0 aliphatic heterocycles. The largest absolute Gasteiger partial charge is 0.322 e. The van der Waals surface area contributed by atoms with E-state index >= 15 is 0 Å². The summed E-state index contributed by atoms with van der Waals surface area (Å²) in [5.41, 5.74) is 4.36. The minimum atomic E-state index is -0.282. The van der Waals surface area contributed by atoms with Gasteiger partial charge in [0.1, 0.15) is 5.82 Å². The average Bonchev–Trinajstić information content (AvgIpc) is 2.75. The van der Waals surface area contributed by atoms with Gasteiger partial charge in [-0.25, -0.2) is 4.39 Å². The van der Waals surface area contributed by atoms with Crippen LogP contribution in [0.4, 0.5) is 10.1 Å². The number of hydrogen-bond donors (Lipinski definition) is 1. The molecule has 0 saturated carbocycles. The van der Waals surface area contributed by atoms with Crippen molar-refractivity contribution in [3.63, 3.8) is 0 Å². The molecule has 3 nitrogen and oxygen atoms in total. The third kappa shape index (κ3) is 4.33. The highest BCUT2D eigenvalue weighted by atomic mass is 35.5. The fourth-order valence-electron chi connectivity index (χ4n) is 2.99. The van der Waals surface area contributed by atoms with E-state index in [0.29, 0.717) is 22.0 Å². The molecule has 1 N–H and O–H groups in total. The Bertz CT molecular complexity index is 1160. The van der Waals surface area contributed by atoms with Gasteiger partial charge >= 0.3 is 0 Å². The van der Waals surface area contributed by atoms with E-state index in [-0.39, 0.29) is 11.7 Å². The molecule has 4 aromatic rings. The topological polar surface area (TPSA) is 42.0 Å². The average molecular weight is 403 g/mol. The normalized spacial score (nSPS) is 10.6. The van der Waals surface area contributed by atoms with Crippen molar-refractivity contribution < 1.29 is 9.18 Å². The number of pyridine rings is 1. The van der Waals surface area contributed by atoms with Crippen molar-refractivity contribution in [2.45, 2.75) is 0 Å². The second-order valence-corrected chi connectivity index (χ2v) is 6.86. The Morgan fingerprint density at radius 2 is 1.55 bits per heavy atom. The van der Waals surface area contributed by atoms with E-state index < -0.39 is 0 Å². The molecular formula is C24H16ClFN2O. The number of carbonyl (C=O) groups excluding carboxylic acids is 1. The molecular weight excluding hydrogens is 387 g/mol. The van der Waals surface area contributed by atoms with Gasteiger partial charge in [0.15, 0.2) is 0 Å². The number of benzene rings is 3. The summed E-state index contributed by atoms with van der Waals surface area (Å²) in [5.74, 6) is -0.502. The van der Waals surface area contributed by atoms with Crippen LogP contribution in [0.25, 0.3) is 22.4 Å². The molecule has 3 aromatic carbocycles. The Kier molecular flexibility index (Phi) is 5.36. The zero-order valence-electron chi connectivity index (χ0n) is 15.3. The maximum atomic E-state index is 13.4. The highest BCUT2D eigenvalue weighted by Gasteiger charge is 2.09. The number of nitrogens with one attached hydrogen (secondary N) is 1. The summed E-state index contributed by atoms with van der Waals surface area (Å²) in [6.07, 6.45) is 1.68. The van der Waals surface area contributed by atoms with E-state index in [0.717, 1.165) is 16.7 Å². The van der Waals surface area contributed by atoms with Crippen LogP contribution in [-0.4, -0.2) is 10.9 Å². The highest BCUT2D eigenvalue weighted by Crippen LogP contribution is 2.26. The minimum Gasteiger partial charge on any atom is -0.322 e. The number of hydrogen-bond acceptors (Lipinski definition) is 2. The van der Waals surface area contributed by atoms with Crippen molar-refractivity contribution in [1.82, 2.24) is 4.98 Å². The van der Waals surface area contributed by atoms with E-state index in [1.165, 1.54) is 12.1 Å². The summed E-state index contributed by atoms with van der Waals surface area (Å²) in [6, 6.07) is 24.3. The smallest absolute Gasteiger partial charge is 0.255 e. The fraction of sp³-hybridized carbons (Fsp3) is 0. The number of halogens is 2. The van der Waals surface area contributed by atoms with Crippen molar-refractivity contribution in [2.24, 2.45) is 0 Å². The molecule has 1 amide bonds. The van der Waals surface area contributed by atoms with Crippen molar-refractivity contribution in [3.05, 3.63) is 108 Å². The van der Waals surface area contributed by atoms with E-state index in [1.54, 1.807) is 48.7 Å². The molecule has 0 radical (unpaired) electrons. The molecule has 0 aliphatic rings.